The summed E-state index contributed by atoms with van der Waals surface area (Å²) < 4.78 is 5.25. The number of benzene rings is 2. The first-order valence-corrected chi connectivity index (χ1v) is 9.94. The first-order chi connectivity index (χ1) is 14.1. The third-order valence-corrected chi connectivity index (χ3v) is 5.27. The second kappa shape index (κ2) is 9.87. The van der Waals surface area contributed by atoms with E-state index in [1.54, 1.807) is 60.5 Å². The fraction of sp³-hybridized carbons (Fsp3) is 0.348. The molecule has 152 valence electrons. The van der Waals surface area contributed by atoms with Crippen molar-refractivity contribution in [1.29, 1.82) is 0 Å². The highest BCUT2D eigenvalue weighted by Gasteiger charge is 2.23. The number of esters is 1. The number of carbonyl (C=O) groups is 3. The molecule has 29 heavy (non-hydrogen) atoms. The molecule has 6 heteroatoms. The van der Waals surface area contributed by atoms with E-state index in [0.717, 1.165) is 25.7 Å². The largest absolute Gasteiger partial charge is 0.452 e. The van der Waals surface area contributed by atoms with E-state index in [1.807, 2.05) is 6.07 Å². The predicted molar refractivity (Wildman–Crippen MR) is 111 cm³/mol. The Morgan fingerprint density at radius 2 is 1.62 bits per heavy atom. The number of likely N-dealkylation sites (N-methyl/N-ethyl adjacent to an activating group) is 1. The van der Waals surface area contributed by atoms with Gasteiger partial charge in [0.25, 0.3) is 11.8 Å². The number of nitrogens with zero attached hydrogens (tertiary/aromatic N) is 1. The number of rotatable bonds is 6. The van der Waals surface area contributed by atoms with Crippen LogP contribution in [-0.2, 0) is 9.53 Å². The fourth-order valence-corrected chi connectivity index (χ4v) is 3.53. The molecular formula is C23H26N2O4. The Hall–Kier alpha value is -3.15. The molecule has 0 aromatic heterocycles. The fourth-order valence-electron chi connectivity index (χ4n) is 3.53. The van der Waals surface area contributed by atoms with Gasteiger partial charge in [-0.1, -0.05) is 49.6 Å². The molecule has 1 N–H and O–H groups in total. The minimum absolute atomic E-state index is 0.212. The molecule has 0 aliphatic heterocycles. The van der Waals surface area contributed by atoms with Gasteiger partial charge < -0.3 is 15.0 Å². The first-order valence-electron chi connectivity index (χ1n) is 9.94. The van der Waals surface area contributed by atoms with Crippen LogP contribution in [0.1, 0.15) is 52.8 Å². The zero-order valence-electron chi connectivity index (χ0n) is 16.6. The zero-order valence-corrected chi connectivity index (χ0v) is 16.6. The second-order valence-corrected chi connectivity index (χ2v) is 7.24. The average Bonchev–Trinajstić information content (AvgIpc) is 2.78. The lowest BCUT2D eigenvalue weighted by Gasteiger charge is -2.31. The summed E-state index contributed by atoms with van der Waals surface area (Å²) in [6, 6.07) is 15.6. The number of para-hydroxylation sites is 1. The normalized spacial score (nSPS) is 14.1. The van der Waals surface area contributed by atoms with Crippen molar-refractivity contribution in [3.05, 3.63) is 65.7 Å². The predicted octanol–water partition coefficient (Wildman–Crippen LogP) is 3.89. The summed E-state index contributed by atoms with van der Waals surface area (Å²) in [6.45, 7) is -0.313. The van der Waals surface area contributed by atoms with Crippen LogP contribution < -0.4 is 5.32 Å². The molecule has 0 heterocycles. The molecule has 0 saturated heterocycles. The van der Waals surface area contributed by atoms with Crippen molar-refractivity contribution in [2.24, 2.45) is 0 Å². The quantitative estimate of drug-likeness (QED) is 0.755. The molecule has 6 nitrogen and oxygen atoms in total. The molecule has 2 aromatic carbocycles. The van der Waals surface area contributed by atoms with Crippen LogP contribution >= 0.6 is 0 Å². The van der Waals surface area contributed by atoms with Crippen LogP contribution in [0.5, 0.6) is 0 Å². The van der Waals surface area contributed by atoms with Crippen LogP contribution in [0.25, 0.3) is 0 Å². The lowest BCUT2D eigenvalue weighted by atomic mass is 9.94. The van der Waals surface area contributed by atoms with Crippen LogP contribution in [0, 0.1) is 0 Å². The van der Waals surface area contributed by atoms with Crippen molar-refractivity contribution in [2.45, 2.75) is 38.1 Å². The highest BCUT2D eigenvalue weighted by molar-refractivity contribution is 6.08. The average molecular weight is 394 g/mol. The third kappa shape index (κ3) is 5.44. The lowest BCUT2D eigenvalue weighted by Crippen LogP contribution is -2.40. The van der Waals surface area contributed by atoms with Crippen molar-refractivity contribution < 1.29 is 19.1 Å². The molecule has 0 bridgehead atoms. The maximum absolute atomic E-state index is 12.5. The molecule has 0 radical (unpaired) electrons. The number of ether oxygens (including phenoxy) is 1. The maximum Gasteiger partial charge on any atom is 0.340 e. The number of hydrogen-bond donors (Lipinski definition) is 1. The minimum atomic E-state index is -0.639. The van der Waals surface area contributed by atoms with Gasteiger partial charge in [0, 0.05) is 18.7 Å². The van der Waals surface area contributed by atoms with Crippen LogP contribution in [0.3, 0.4) is 0 Å². The van der Waals surface area contributed by atoms with E-state index in [4.69, 9.17) is 4.74 Å². The molecule has 1 saturated carbocycles. The van der Waals surface area contributed by atoms with E-state index < -0.39 is 5.97 Å². The van der Waals surface area contributed by atoms with Gasteiger partial charge in [-0.25, -0.2) is 4.79 Å². The standard InChI is InChI=1S/C23H26N2O4/c1-25(18-12-6-3-7-13-18)21(26)16-29-23(28)19-14-8-9-15-20(19)24-22(27)17-10-4-2-5-11-17/h2,4-5,8-11,14-15,18H,3,6-7,12-13,16H2,1H3,(H,24,27). The first kappa shape index (κ1) is 20.6. The maximum atomic E-state index is 12.5. The smallest absolute Gasteiger partial charge is 0.340 e. The Morgan fingerprint density at radius 1 is 0.966 bits per heavy atom. The Balaban J connectivity index is 1.61. The van der Waals surface area contributed by atoms with Gasteiger partial charge in [-0.2, -0.15) is 0 Å². The Bertz CT molecular complexity index is 860. The molecule has 0 unspecified atom stereocenters. The van der Waals surface area contributed by atoms with Crippen molar-refractivity contribution in [3.63, 3.8) is 0 Å². The Labute approximate surface area is 170 Å². The van der Waals surface area contributed by atoms with E-state index in [2.05, 4.69) is 5.32 Å². The molecule has 1 fully saturated rings. The number of anilines is 1. The summed E-state index contributed by atoms with van der Waals surface area (Å²) >= 11 is 0. The summed E-state index contributed by atoms with van der Waals surface area (Å²) in [5.74, 6) is -1.17. The van der Waals surface area contributed by atoms with E-state index in [-0.39, 0.29) is 30.0 Å². The van der Waals surface area contributed by atoms with Gasteiger partial charge in [-0.05, 0) is 37.1 Å². The van der Waals surface area contributed by atoms with Crippen molar-refractivity contribution >= 4 is 23.5 Å². The molecule has 2 aromatic rings. The zero-order chi connectivity index (χ0) is 20.6. The SMILES string of the molecule is CN(C(=O)COC(=O)c1ccccc1NC(=O)c1ccccc1)C1CCCCC1. The van der Waals surface area contributed by atoms with Crippen molar-refractivity contribution in [3.8, 4) is 0 Å². The van der Waals surface area contributed by atoms with Gasteiger partial charge in [0.15, 0.2) is 6.61 Å². The number of nitrogens with one attached hydrogen (secondary N) is 1. The van der Waals surface area contributed by atoms with E-state index in [9.17, 15) is 14.4 Å². The lowest BCUT2D eigenvalue weighted by molar-refractivity contribution is -0.135. The van der Waals surface area contributed by atoms with Gasteiger partial charge >= 0.3 is 5.97 Å². The number of hydrogen-bond acceptors (Lipinski definition) is 4. The number of carbonyl (C=O) groups excluding carboxylic acids is 3. The van der Waals surface area contributed by atoms with Crippen LogP contribution in [-0.4, -0.2) is 42.4 Å². The van der Waals surface area contributed by atoms with Gasteiger partial charge in [-0.3, -0.25) is 9.59 Å². The van der Waals surface area contributed by atoms with Crippen LogP contribution in [0.15, 0.2) is 54.6 Å². The Kier molecular flexibility index (Phi) is 7.00. The monoisotopic (exact) mass is 394 g/mol. The summed E-state index contributed by atoms with van der Waals surface area (Å²) in [5, 5.41) is 2.73. The van der Waals surface area contributed by atoms with Gasteiger partial charge in [-0.15, -0.1) is 0 Å². The summed E-state index contributed by atoms with van der Waals surface area (Å²) in [5.41, 5.74) is 1.05. The summed E-state index contributed by atoms with van der Waals surface area (Å²) in [6.07, 6.45) is 5.43. The highest BCUT2D eigenvalue weighted by Crippen LogP contribution is 2.22. The van der Waals surface area contributed by atoms with E-state index in [0.29, 0.717) is 11.3 Å². The molecule has 1 aliphatic carbocycles. The van der Waals surface area contributed by atoms with Gasteiger partial charge in [0.1, 0.15) is 0 Å². The van der Waals surface area contributed by atoms with E-state index in [1.165, 1.54) is 6.42 Å². The number of amides is 2. The van der Waals surface area contributed by atoms with Crippen molar-refractivity contribution in [2.75, 3.05) is 19.0 Å². The van der Waals surface area contributed by atoms with Crippen LogP contribution in [0.4, 0.5) is 5.69 Å². The molecule has 0 atom stereocenters. The topological polar surface area (TPSA) is 75.7 Å². The summed E-state index contributed by atoms with van der Waals surface area (Å²) in [4.78, 5) is 39.0. The Morgan fingerprint density at radius 3 is 2.34 bits per heavy atom. The third-order valence-electron chi connectivity index (χ3n) is 5.27. The minimum Gasteiger partial charge on any atom is -0.452 e. The molecule has 1 aliphatic rings. The van der Waals surface area contributed by atoms with Gasteiger partial charge in [0.05, 0.1) is 11.3 Å². The summed E-state index contributed by atoms with van der Waals surface area (Å²) in [7, 11) is 1.76. The van der Waals surface area contributed by atoms with E-state index >= 15 is 0 Å². The molecular weight excluding hydrogens is 368 g/mol. The van der Waals surface area contributed by atoms with Crippen molar-refractivity contribution in [1.82, 2.24) is 4.90 Å². The highest BCUT2D eigenvalue weighted by atomic mass is 16.5. The molecule has 2 amide bonds. The van der Waals surface area contributed by atoms with Crippen LogP contribution in [0.2, 0.25) is 0 Å². The molecule has 0 spiro atoms. The van der Waals surface area contributed by atoms with Gasteiger partial charge in [0.2, 0.25) is 0 Å². The second-order valence-electron chi connectivity index (χ2n) is 7.24. The molecule has 3 rings (SSSR count).